The fourth-order valence-electron chi connectivity index (χ4n) is 4.34. The predicted molar refractivity (Wildman–Crippen MR) is 145 cm³/mol. The number of nitrogens with one attached hydrogen (secondary N) is 1. The molecular formula is C27H26N6O3S. The Kier molecular flexibility index (Phi) is 6.36. The van der Waals surface area contributed by atoms with Crippen molar-refractivity contribution < 1.29 is 8.42 Å². The highest BCUT2D eigenvalue weighted by Crippen LogP contribution is 2.34. The number of hydrogen-bond donors (Lipinski definition) is 2. The van der Waals surface area contributed by atoms with Gasteiger partial charge in [-0.1, -0.05) is 54.6 Å². The van der Waals surface area contributed by atoms with Crippen molar-refractivity contribution in [2.24, 2.45) is 12.2 Å². The predicted octanol–water partition coefficient (Wildman–Crippen LogP) is 3.11. The summed E-state index contributed by atoms with van der Waals surface area (Å²) in [5.41, 5.74) is 2.30. The molecule has 3 N–H and O–H groups in total. The highest BCUT2D eigenvalue weighted by molar-refractivity contribution is 7.89. The quantitative estimate of drug-likeness (QED) is 0.405. The number of sulfonamides is 1. The third-order valence-electron chi connectivity index (χ3n) is 6.29. The Labute approximate surface area is 214 Å². The molecule has 5 rings (SSSR count). The van der Waals surface area contributed by atoms with E-state index in [1.165, 1.54) is 23.9 Å². The van der Waals surface area contributed by atoms with Gasteiger partial charge in [0, 0.05) is 32.4 Å². The second kappa shape index (κ2) is 9.64. The highest BCUT2D eigenvalue weighted by Gasteiger charge is 2.20. The Hall–Kier alpha value is -4.28. The first-order valence-electron chi connectivity index (χ1n) is 11.6. The largest absolute Gasteiger partial charge is 0.372 e. The van der Waals surface area contributed by atoms with E-state index in [4.69, 9.17) is 15.1 Å². The van der Waals surface area contributed by atoms with Gasteiger partial charge in [0.25, 0.3) is 5.56 Å². The maximum atomic E-state index is 12.4. The zero-order valence-corrected chi connectivity index (χ0v) is 21.2. The molecule has 0 amide bonds. The van der Waals surface area contributed by atoms with Crippen molar-refractivity contribution in [2.75, 3.05) is 18.9 Å². The van der Waals surface area contributed by atoms with Crippen LogP contribution < -0.4 is 16.0 Å². The van der Waals surface area contributed by atoms with Crippen LogP contribution in [0.15, 0.2) is 94.9 Å². The number of fused-ring (bicyclic) bond motifs is 1. The van der Waals surface area contributed by atoms with Crippen molar-refractivity contribution in [1.82, 2.24) is 19.4 Å². The van der Waals surface area contributed by atoms with Crippen molar-refractivity contribution >= 4 is 26.7 Å². The third kappa shape index (κ3) is 4.89. The molecule has 4 aromatic rings. The van der Waals surface area contributed by atoms with E-state index in [1.54, 1.807) is 0 Å². The van der Waals surface area contributed by atoms with Gasteiger partial charge >= 0.3 is 0 Å². The van der Waals surface area contributed by atoms with E-state index in [1.807, 2.05) is 73.9 Å². The average molecular weight is 515 g/mol. The monoisotopic (exact) mass is 514 g/mol. The first-order chi connectivity index (χ1) is 17.7. The molecular weight excluding hydrogens is 488 g/mol. The lowest BCUT2D eigenvalue weighted by atomic mass is 10.0. The fourth-order valence-corrected chi connectivity index (χ4v) is 5.02. The Morgan fingerprint density at radius 3 is 2.51 bits per heavy atom. The molecule has 10 heteroatoms. The van der Waals surface area contributed by atoms with Crippen LogP contribution in [0.4, 0.5) is 5.82 Å². The lowest BCUT2D eigenvalue weighted by Crippen LogP contribution is -2.33. The number of nitrogens with zero attached hydrogens (tertiary/aromatic N) is 4. The zero-order chi connectivity index (χ0) is 26.2. The van der Waals surface area contributed by atoms with Crippen molar-refractivity contribution in [1.29, 1.82) is 0 Å². The highest BCUT2D eigenvalue weighted by atomic mass is 32.2. The topological polar surface area (TPSA) is 123 Å². The number of nitrogens with two attached hydrogens (primary N) is 1. The van der Waals surface area contributed by atoms with Crippen LogP contribution >= 0.6 is 0 Å². The average Bonchev–Trinajstić information content (AvgIpc) is 2.88. The van der Waals surface area contributed by atoms with E-state index in [0.717, 1.165) is 16.5 Å². The summed E-state index contributed by atoms with van der Waals surface area (Å²) >= 11 is 0. The summed E-state index contributed by atoms with van der Waals surface area (Å²) in [5, 5.41) is 9.64. The van der Waals surface area contributed by atoms with Crippen molar-refractivity contribution in [3.8, 4) is 22.5 Å². The van der Waals surface area contributed by atoms with Crippen LogP contribution in [0.5, 0.6) is 0 Å². The van der Waals surface area contributed by atoms with Crippen LogP contribution in [-0.2, 0) is 17.1 Å². The third-order valence-corrected chi connectivity index (χ3v) is 7.20. The number of allylic oxidation sites excluding steroid dienone is 2. The van der Waals surface area contributed by atoms with Crippen molar-refractivity contribution in [2.45, 2.75) is 10.9 Å². The second-order valence-corrected chi connectivity index (χ2v) is 10.4. The van der Waals surface area contributed by atoms with Gasteiger partial charge in [0.2, 0.25) is 10.0 Å². The van der Waals surface area contributed by atoms with E-state index in [2.05, 4.69) is 16.3 Å². The number of aryl methyl sites for hydroxylation is 1. The number of pyridine rings is 1. The van der Waals surface area contributed by atoms with Gasteiger partial charge in [0.15, 0.2) is 5.82 Å². The number of hydrogen-bond acceptors (Lipinski definition) is 7. The van der Waals surface area contributed by atoms with Crippen LogP contribution in [0.2, 0.25) is 0 Å². The van der Waals surface area contributed by atoms with Crippen LogP contribution in [0, 0.1) is 0 Å². The molecule has 0 spiro atoms. The second-order valence-electron chi connectivity index (χ2n) is 8.86. The molecule has 0 saturated carbocycles. The summed E-state index contributed by atoms with van der Waals surface area (Å²) in [4.78, 5) is 23.6. The van der Waals surface area contributed by atoms with Crippen LogP contribution in [0.3, 0.4) is 0 Å². The standard InChI is InChI=1S/C27H26N6O3S/c1-32-14-7-6-11-20(32)16-29-26-24-21(18-9-4-3-5-10-18)12-8-13-22(24)30-25(31-26)19-15-23(37(28,35)36)27(34)33(2)17-19/h3-15,17,20H,16H2,1-2H3,(H2,28,35,36)(H,29,30,31). The zero-order valence-electron chi connectivity index (χ0n) is 20.4. The van der Waals surface area contributed by atoms with Gasteiger partial charge in [-0.15, -0.1) is 0 Å². The summed E-state index contributed by atoms with van der Waals surface area (Å²) in [6.45, 7) is 0.571. The summed E-state index contributed by atoms with van der Waals surface area (Å²) in [7, 11) is -0.767. The maximum absolute atomic E-state index is 12.4. The molecule has 37 heavy (non-hydrogen) atoms. The maximum Gasteiger partial charge on any atom is 0.270 e. The molecule has 9 nitrogen and oxygen atoms in total. The molecule has 1 atom stereocenters. The van der Waals surface area contributed by atoms with E-state index in [-0.39, 0.29) is 11.9 Å². The molecule has 0 saturated heterocycles. The van der Waals surface area contributed by atoms with Gasteiger partial charge < -0.3 is 14.8 Å². The lowest BCUT2D eigenvalue weighted by molar-refractivity contribution is 0.392. The van der Waals surface area contributed by atoms with Crippen molar-refractivity contribution in [3.63, 3.8) is 0 Å². The van der Waals surface area contributed by atoms with E-state index in [9.17, 15) is 13.2 Å². The van der Waals surface area contributed by atoms with Gasteiger partial charge in [-0.25, -0.2) is 23.5 Å². The minimum Gasteiger partial charge on any atom is -0.372 e. The fraction of sp³-hybridized carbons (Fsp3) is 0.148. The first kappa shape index (κ1) is 24.4. The van der Waals surface area contributed by atoms with Gasteiger partial charge in [-0.05, 0) is 35.5 Å². The molecule has 0 aliphatic carbocycles. The number of likely N-dealkylation sites (N-methyl/N-ethyl adjacent to an activating group) is 1. The normalized spacial score (nSPS) is 15.3. The molecule has 0 bridgehead atoms. The lowest BCUT2D eigenvalue weighted by Gasteiger charge is -2.27. The Morgan fingerprint density at radius 1 is 1.00 bits per heavy atom. The number of aromatic nitrogens is 3. The van der Waals surface area contributed by atoms with E-state index < -0.39 is 20.5 Å². The molecule has 1 unspecified atom stereocenters. The van der Waals surface area contributed by atoms with Gasteiger partial charge in [-0.2, -0.15) is 0 Å². The van der Waals surface area contributed by atoms with Crippen LogP contribution in [-0.4, -0.2) is 47.5 Å². The summed E-state index contributed by atoms with van der Waals surface area (Å²) in [5.74, 6) is 0.870. The Balaban J connectivity index is 1.70. The Morgan fingerprint density at radius 2 is 1.78 bits per heavy atom. The van der Waals surface area contributed by atoms with Crippen LogP contribution in [0.25, 0.3) is 33.4 Å². The SMILES string of the molecule is CN1C=CC=CC1CNc1nc(-c2cc(S(N)(=O)=O)c(=O)n(C)c2)nc2cccc(-c3ccccc3)c12. The molecule has 1 aliphatic heterocycles. The van der Waals surface area contributed by atoms with Gasteiger partial charge in [0.05, 0.1) is 16.9 Å². The molecule has 2 aromatic heterocycles. The van der Waals surface area contributed by atoms with E-state index >= 15 is 0 Å². The summed E-state index contributed by atoms with van der Waals surface area (Å²) in [6.07, 6.45) is 9.59. The smallest absolute Gasteiger partial charge is 0.270 e. The summed E-state index contributed by atoms with van der Waals surface area (Å²) < 4.78 is 25.3. The van der Waals surface area contributed by atoms with Crippen LogP contribution in [0.1, 0.15) is 0 Å². The first-order valence-corrected chi connectivity index (χ1v) is 13.2. The summed E-state index contributed by atoms with van der Waals surface area (Å²) in [6, 6.07) is 17.1. The molecule has 188 valence electrons. The van der Waals surface area contributed by atoms with Gasteiger partial charge in [-0.3, -0.25) is 4.79 Å². The minimum atomic E-state index is -4.24. The van der Waals surface area contributed by atoms with Crippen molar-refractivity contribution in [3.05, 3.63) is 95.6 Å². The van der Waals surface area contributed by atoms with E-state index in [0.29, 0.717) is 23.4 Å². The molecule has 3 heterocycles. The number of rotatable bonds is 6. The minimum absolute atomic E-state index is 0.105. The number of benzene rings is 2. The number of primary sulfonamides is 1. The molecule has 2 aromatic carbocycles. The Bertz CT molecular complexity index is 1710. The molecule has 1 aliphatic rings. The molecule has 0 radical (unpaired) electrons. The molecule has 0 fully saturated rings. The van der Waals surface area contributed by atoms with Gasteiger partial charge in [0.1, 0.15) is 10.7 Å². The number of anilines is 1.